The van der Waals surface area contributed by atoms with E-state index in [1.54, 1.807) is 6.33 Å². The van der Waals surface area contributed by atoms with Crippen molar-refractivity contribution in [2.24, 2.45) is 5.41 Å². The van der Waals surface area contributed by atoms with Gasteiger partial charge in [0.1, 0.15) is 12.1 Å². The first-order chi connectivity index (χ1) is 16.1. The topological polar surface area (TPSA) is 83.1 Å². The minimum atomic E-state index is -0.311. The number of aromatic nitrogens is 4. The Morgan fingerprint density at radius 3 is 2.67 bits per heavy atom. The summed E-state index contributed by atoms with van der Waals surface area (Å²) in [6.45, 7) is 6.87. The van der Waals surface area contributed by atoms with E-state index >= 15 is 0 Å². The molecule has 0 bridgehead atoms. The van der Waals surface area contributed by atoms with Gasteiger partial charge in [-0.3, -0.25) is 4.90 Å². The van der Waals surface area contributed by atoms with Crippen LogP contribution in [0.1, 0.15) is 31.7 Å². The highest BCUT2D eigenvalue weighted by atomic mass is 16.5. The molecule has 2 aliphatic heterocycles. The second kappa shape index (κ2) is 6.75. The summed E-state index contributed by atoms with van der Waals surface area (Å²) >= 11 is 0. The molecule has 3 aromatic rings. The lowest BCUT2D eigenvalue weighted by atomic mass is 9.93. The fourth-order valence-corrected chi connectivity index (χ4v) is 6.08. The van der Waals surface area contributed by atoms with Crippen molar-refractivity contribution in [2.45, 2.75) is 43.7 Å². The Balaban J connectivity index is 1.19. The maximum absolute atomic E-state index is 9.96. The molecule has 2 saturated heterocycles. The number of fused-ring (bicyclic) bond motifs is 1. The van der Waals surface area contributed by atoms with Crippen molar-refractivity contribution >= 4 is 16.7 Å². The molecule has 0 amide bonds. The van der Waals surface area contributed by atoms with E-state index in [-0.39, 0.29) is 10.8 Å². The molecule has 2 aliphatic carbocycles. The van der Waals surface area contributed by atoms with Gasteiger partial charge in [0.25, 0.3) is 0 Å². The first-order valence-corrected chi connectivity index (χ1v) is 11.9. The van der Waals surface area contributed by atoms with Gasteiger partial charge in [-0.25, -0.2) is 14.6 Å². The lowest BCUT2D eigenvalue weighted by Crippen LogP contribution is -2.60. The predicted octanol–water partition coefficient (Wildman–Crippen LogP) is 2.67. The van der Waals surface area contributed by atoms with Crippen molar-refractivity contribution in [1.29, 1.82) is 5.26 Å². The third kappa shape index (κ3) is 2.79. The molecule has 1 spiro atoms. The Labute approximate surface area is 192 Å². The van der Waals surface area contributed by atoms with Crippen LogP contribution in [-0.2, 0) is 10.2 Å². The Kier molecular flexibility index (Phi) is 3.98. The highest BCUT2D eigenvalue weighted by Crippen LogP contribution is 2.78. The molecule has 168 valence electrons. The fourth-order valence-electron chi connectivity index (χ4n) is 6.08. The lowest BCUT2D eigenvalue weighted by molar-refractivity contribution is -0.0793. The maximum atomic E-state index is 9.96. The molecule has 0 N–H and O–H groups in total. The average Bonchev–Trinajstić information content (AvgIpc) is 3.68. The molecule has 4 aliphatic rings. The minimum Gasteiger partial charge on any atom is -0.378 e. The van der Waals surface area contributed by atoms with Gasteiger partial charge in [0.05, 0.1) is 42.5 Å². The molecule has 4 heterocycles. The molecule has 2 aromatic heterocycles. The predicted molar refractivity (Wildman–Crippen MR) is 123 cm³/mol. The van der Waals surface area contributed by atoms with Crippen molar-refractivity contribution in [3.8, 4) is 11.9 Å². The minimum absolute atomic E-state index is 0.243. The zero-order chi connectivity index (χ0) is 22.2. The largest absolute Gasteiger partial charge is 0.378 e. The second-order valence-electron chi connectivity index (χ2n) is 10.3. The van der Waals surface area contributed by atoms with Crippen molar-refractivity contribution in [1.82, 2.24) is 24.6 Å². The highest BCUT2D eigenvalue weighted by Gasteiger charge is 2.75. The molecule has 33 heavy (non-hydrogen) atoms. The van der Waals surface area contributed by atoms with Gasteiger partial charge in [-0.2, -0.15) is 10.4 Å². The van der Waals surface area contributed by atoms with Crippen LogP contribution < -0.4 is 4.90 Å². The number of anilines is 1. The quantitative estimate of drug-likeness (QED) is 0.616. The van der Waals surface area contributed by atoms with Crippen LogP contribution in [0.4, 0.5) is 5.82 Å². The third-order valence-electron chi connectivity index (χ3n) is 8.44. The van der Waals surface area contributed by atoms with Crippen molar-refractivity contribution in [3.05, 3.63) is 42.4 Å². The molecule has 8 nitrogen and oxygen atoms in total. The summed E-state index contributed by atoms with van der Waals surface area (Å²) in [5, 5.41) is 15.7. The number of ether oxygens (including phenoxy) is 1. The van der Waals surface area contributed by atoms with E-state index in [1.807, 2.05) is 16.9 Å². The summed E-state index contributed by atoms with van der Waals surface area (Å²) < 4.78 is 7.28. The summed E-state index contributed by atoms with van der Waals surface area (Å²) in [5.74, 6) is 1.70. The smallest absolute Gasteiger partial charge is 0.159 e. The normalized spacial score (nSPS) is 28.6. The first-order valence-electron chi connectivity index (χ1n) is 11.9. The molecule has 1 aromatic carbocycles. The SMILES string of the molecule is C[C@H]1CN(c2cc(-n3ncc4ccc([C@]5(C#N)CC56CC6)cc43)ncn2)CCN1C1COC1. The number of benzene rings is 1. The number of piperazine rings is 1. The van der Waals surface area contributed by atoms with E-state index < -0.39 is 0 Å². The zero-order valence-corrected chi connectivity index (χ0v) is 18.8. The van der Waals surface area contributed by atoms with E-state index in [1.165, 1.54) is 12.8 Å². The monoisotopic (exact) mass is 441 g/mol. The van der Waals surface area contributed by atoms with Crippen LogP contribution in [0.3, 0.4) is 0 Å². The Hall–Kier alpha value is -3.02. The zero-order valence-electron chi connectivity index (χ0n) is 18.8. The van der Waals surface area contributed by atoms with E-state index in [0.717, 1.165) is 67.4 Å². The molecular weight excluding hydrogens is 414 g/mol. The van der Waals surface area contributed by atoms with Crippen molar-refractivity contribution in [3.63, 3.8) is 0 Å². The standard InChI is InChI=1S/C25H27N7O/c1-17-11-30(6-7-31(17)20-12-33-13-20)22-9-23(28-16-27-22)32-21-8-19(3-2-18(21)10-29-32)25(15-26)14-24(25)4-5-24/h2-3,8-10,16-17,20H,4-7,11-14H2,1H3/t17-,25+/m0/s1. The van der Waals surface area contributed by atoms with Crippen LogP contribution in [0.25, 0.3) is 16.7 Å². The summed E-state index contributed by atoms with van der Waals surface area (Å²) in [5.41, 5.74) is 2.05. The molecule has 4 fully saturated rings. The Bertz CT molecular complexity index is 1290. The lowest BCUT2D eigenvalue weighted by Gasteiger charge is -2.46. The number of hydrogen-bond donors (Lipinski definition) is 0. The van der Waals surface area contributed by atoms with Crippen LogP contribution >= 0.6 is 0 Å². The Morgan fingerprint density at radius 1 is 1.12 bits per heavy atom. The van der Waals surface area contributed by atoms with Gasteiger partial charge in [0.15, 0.2) is 5.82 Å². The van der Waals surface area contributed by atoms with Gasteiger partial charge in [-0.15, -0.1) is 0 Å². The third-order valence-corrected chi connectivity index (χ3v) is 8.44. The molecule has 2 saturated carbocycles. The van der Waals surface area contributed by atoms with Gasteiger partial charge in [-0.05, 0) is 43.2 Å². The van der Waals surface area contributed by atoms with E-state index in [2.05, 4.69) is 56.1 Å². The number of hydrogen-bond acceptors (Lipinski definition) is 7. The van der Waals surface area contributed by atoms with E-state index in [4.69, 9.17) is 4.74 Å². The van der Waals surface area contributed by atoms with Gasteiger partial charge in [0, 0.05) is 37.1 Å². The molecule has 7 rings (SSSR count). The number of rotatable bonds is 4. The molecule has 2 atom stereocenters. The summed E-state index contributed by atoms with van der Waals surface area (Å²) in [7, 11) is 0. The van der Waals surface area contributed by atoms with Gasteiger partial charge < -0.3 is 9.64 Å². The average molecular weight is 442 g/mol. The first kappa shape index (κ1) is 19.4. The molecule has 0 radical (unpaired) electrons. The number of nitriles is 1. The second-order valence-corrected chi connectivity index (χ2v) is 10.3. The van der Waals surface area contributed by atoms with Gasteiger partial charge in [-0.1, -0.05) is 12.1 Å². The van der Waals surface area contributed by atoms with E-state index in [9.17, 15) is 5.26 Å². The summed E-state index contributed by atoms with van der Waals surface area (Å²) in [6, 6.07) is 12.1. The van der Waals surface area contributed by atoms with E-state index in [0.29, 0.717) is 12.1 Å². The van der Waals surface area contributed by atoms with Gasteiger partial charge in [0.2, 0.25) is 0 Å². The summed E-state index contributed by atoms with van der Waals surface area (Å²) in [4.78, 5) is 14.0. The maximum Gasteiger partial charge on any atom is 0.159 e. The van der Waals surface area contributed by atoms with Gasteiger partial charge >= 0.3 is 0 Å². The van der Waals surface area contributed by atoms with Crippen LogP contribution in [0.15, 0.2) is 36.8 Å². The molecule has 8 heteroatoms. The van der Waals surface area contributed by atoms with Crippen LogP contribution in [-0.4, -0.2) is 69.6 Å². The molecule has 0 unspecified atom stereocenters. The van der Waals surface area contributed by atoms with Crippen molar-refractivity contribution in [2.75, 3.05) is 37.7 Å². The fraction of sp³-hybridized carbons (Fsp3) is 0.520. The highest BCUT2D eigenvalue weighted by molar-refractivity contribution is 5.82. The summed E-state index contributed by atoms with van der Waals surface area (Å²) in [6.07, 6.45) is 6.85. The van der Waals surface area contributed by atoms with Crippen molar-refractivity contribution < 1.29 is 4.74 Å². The van der Waals surface area contributed by atoms with Crippen LogP contribution in [0.2, 0.25) is 0 Å². The molecular formula is C25H27N7O. The van der Waals surface area contributed by atoms with Crippen LogP contribution in [0.5, 0.6) is 0 Å². The van der Waals surface area contributed by atoms with Crippen LogP contribution in [0, 0.1) is 16.7 Å². The Morgan fingerprint density at radius 2 is 1.97 bits per heavy atom. The number of nitrogens with zero attached hydrogens (tertiary/aromatic N) is 7.